The number of hydrogen-bond donors (Lipinski definition) is 1. The summed E-state index contributed by atoms with van der Waals surface area (Å²) in [6.45, 7) is 4.73. The molecule has 0 aromatic heterocycles. The van der Waals surface area contributed by atoms with E-state index < -0.39 is 6.29 Å². The average Bonchev–Trinajstić information content (AvgIpc) is 3.34. The summed E-state index contributed by atoms with van der Waals surface area (Å²) in [7, 11) is 0. The lowest BCUT2D eigenvalue weighted by Crippen LogP contribution is -2.57. The van der Waals surface area contributed by atoms with Crippen LogP contribution in [0.4, 0.5) is 0 Å². The molecule has 28 heavy (non-hydrogen) atoms. The van der Waals surface area contributed by atoms with E-state index in [-0.39, 0.29) is 11.0 Å². The lowest BCUT2D eigenvalue weighted by molar-refractivity contribution is -0.205. The van der Waals surface area contributed by atoms with Gasteiger partial charge in [-0.05, 0) is 92.1 Å². The lowest BCUT2D eigenvalue weighted by Gasteiger charge is -2.60. The van der Waals surface area contributed by atoms with E-state index in [1.165, 1.54) is 31.3 Å². The molecule has 4 saturated carbocycles. The number of allylic oxidation sites excluding steroid dienone is 1. The Morgan fingerprint density at radius 3 is 2.82 bits per heavy atom. The van der Waals surface area contributed by atoms with Gasteiger partial charge in [0.1, 0.15) is 0 Å². The Labute approximate surface area is 168 Å². The van der Waals surface area contributed by atoms with Gasteiger partial charge in [-0.3, -0.25) is 4.79 Å². The zero-order chi connectivity index (χ0) is 19.3. The van der Waals surface area contributed by atoms with Crippen molar-refractivity contribution in [1.82, 2.24) is 0 Å². The van der Waals surface area contributed by atoms with Gasteiger partial charge < -0.3 is 9.84 Å². The van der Waals surface area contributed by atoms with Crippen molar-refractivity contribution in [2.75, 3.05) is 0 Å². The summed E-state index contributed by atoms with van der Waals surface area (Å²) < 4.78 is 6.39. The molecule has 1 heterocycles. The third-order valence-electron chi connectivity index (χ3n) is 10.2. The number of carbonyl (C=O) groups is 1. The summed E-state index contributed by atoms with van der Waals surface area (Å²) in [5, 5.41) is 10.3. The van der Waals surface area contributed by atoms with E-state index in [1.807, 2.05) is 12.2 Å². The van der Waals surface area contributed by atoms with Crippen LogP contribution in [0.2, 0.25) is 0 Å². The first-order valence-corrected chi connectivity index (χ1v) is 11.8. The molecular formula is C25H34O3. The van der Waals surface area contributed by atoms with Gasteiger partial charge in [0.2, 0.25) is 0 Å². The molecule has 0 aromatic carbocycles. The van der Waals surface area contributed by atoms with Crippen LogP contribution in [0.5, 0.6) is 0 Å². The fourth-order valence-electron chi connectivity index (χ4n) is 9.27. The molecule has 6 aliphatic rings. The number of aliphatic hydroxyl groups excluding tert-OH is 1. The fourth-order valence-corrected chi connectivity index (χ4v) is 9.27. The van der Waals surface area contributed by atoms with E-state index in [9.17, 15) is 9.90 Å². The number of hydrogen-bond acceptors (Lipinski definition) is 3. The topological polar surface area (TPSA) is 46.5 Å². The molecule has 6 rings (SSSR count). The first-order valence-electron chi connectivity index (χ1n) is 11.8. The second-order valence-electron chi connectivity index (χ2n) is 10.7. The maximum atomic E-state index is 12.1. The Kier molecular flexibility index (Phi) is 3.72. The quantitative estimate of drug-likeness (QED) is 0.707. The minimum absolute atomic E-state index is 0.203. The highest BCUT2D eigenvalue weighted by atomic mass is 16.6. The van der Waals surface area contributed by atoms with Crippen LogP contribution >= 0.6 is 0 Å². The van der Waals surface area contributed by atoms with Crippen LogP contribution in [0.25, 0.3) is 0 Å². The van der Waals surface area contributed by atoms with Crippen LogP contribution in [0.15, 0.2) is 23.8 Å². The lowest BCUT2D eigenvalue weighted by atomic mass is 9.45. The summed E-state index contributed by atoms with van der Waals surface area (Å²) >= 11 is 0. The van der Waals surface area contributed by atoms with Crippen LogP contribution in [-0.4, -0.2) is 22.8 Å². The molecule has 0 amide bonds. The number of carbonyl (C=O) groups excluding carboxylic acids is 1. The molecule has 4 fully saturated rings. The molecule has 0 radical (unpaired) electrons. The Morgan fingerprint density at radius 2 is 2.11 bits per heavy atom. The van der Waals surface area contributed by atoms with Crippen molar-refractivity contribution in [3.8, 4) is 0 Å². The van der Waals surface area contributed by atoms with Crippen molar-refractivity contribution in [2.24, 2.45) is 46.8 Å². The highest BCUT2D eigenvalue weighted by Crippen LogP contribution is 2.79. The fraction of sp³-hybridized carbons (Fsp3) is 0.800. The van der Waals surface area contributed by atoms with Crippen molar-refractivity contribution in [3.05, 3.63) is 23.8 Å². The van der Waals surface area contributed by atoms with Gasteiger partial charge in [-0.15, -0.1) is 0 Å². The van der Waals surface area contributed by atoms with Crippen molar-refractivity contribution in [1.29, 1.82) is 0 Å². The smallest absolute Gasteiger partial charge is 0.175 e. The highest BCUT2D eigenvalue weighted by Gasteiger charge is 2.78. The zero-order valence-electron chi connectivity index (χ0n) is 17.3. The Bertz CT molecular complexity index is 768. The van der Waals surface area contributed by atoms with Gasteiger partial charge in [0, 0.05) is 11.8 Å². The van der Waals surface area contributed by atoms with Gasteiger partial charge in [0.05, 0.1) is 5.60 Å². The van der Waals surface area contributed by atoms with Gasteiger partial charge in [-0.2, -0.15) is 0 Å². The van der Waals surface area contributed by atoms with Crippen molar-refractivity contribution >= 4 is 5.78 Å². The van der Waals surface area contributed by atoms with Crippen molar-refractivity contribution < 1.29 is 14.6 Å². The molecule has 0 aromatic rings. The zero-order valence-corrected chi connectivity index (χ0v) is 17.3. The Hall–Kier alpha value is -0.930. The summed E-state index contributed by atoms with van der Waals surface area (Å²) in [6.07, 6.45) is 14.7. The molecule has 3 heteroatoms. The molecule has 3 nitrogen and oxygen atoms in total. The Balaban J connectivity index is 1.43. The highest BCUT2D eigenvalue weighted by molar-refractivity contribution is 5.91. The van der Waals surface area contributed by atoms with E-state index in [2.05, 4.69) is 19.9 Å². The van der Waals surface area contributed by atoms with Gasteiger partial charge in [-0.25, -0.2) is 0 Å². The van der Waals surface area contributed by atoms with Crippen LogP contribution < -0.4 is 0 Å². The number of ketones is 1. The molecule has 0 saturated heterocycles. The third kappa shape index (κ3) is 2.01. The van der Waals surface area contributed by atoms with E-state index in [4.69, 9.17) is 4.74 Å². The summed E-state index contributed by atoms with van der Waals surface area (Å²) in [5.74, 6) is 5.40. The molecule has 0 bridgehead atoms. The molecule has 152 valence electrons. The first kappa shape index (κ1) is 17.9. The summed E-state index contributed by atoms with van der Waals surface area (Å²) in [4.78, 5) is 12.1. The first-order chi connectivity index (χ1) is 13.5. The van der Waals surface area contributed by atoms with Crippen LogP contribution in [-0.2, 0) is 9.53 Å². The average molecular weight is 383 g/mol. The second-order valence-corrected chi connectivity index (χ2v) is 10.7. The number of fused-ring (bicyclic) bond motifs is 9. The number of ether oxygens (including phenoxy) is 1. The minimum Gasteiger partial charge on any atom is -0.365 e. The maximum Gasteiger partial charge on any atom is 0.175 e. The number of aliphatic hydroxyl groups is 1. The number of rotatable bonds is 2. The SMILES string of the molecule is CC[C@H]1CC2=CC(=O)CC[C@@H]2C2CC[C@@]3(CC)C(C21)[C@@H]1C[C@@H]1[C@@]31C=CC(O)O1. The molecule has 1 N–H and O–H groups in total. The summed E-state index contributed by atoms with van der Waals surface area (Å²) in [6, 6.07) is 0. The van der Waals surface area contributed by atoms with Crippen molar-refractivity contribution in [2.45, 2.75) is 77.1 Å². The monoisotopic (exact) mass is 382 g/mol. The third-order valence-corrected chi connectivity index (χ3v) is 10.2. The molecule has 1 spiro atoms. The molecule has 1 aliphatic heterocycles. The second kappa shape index (κ2) is 5.82. The maximum absolute atomic E-state index is 12.1. The van der Waals surface area contributed by atoms with Crippen LogP contribution in [0.3, 0.4) is 0 Å². The Morgan fingerprint density at radius 1 is 1.25 bits per heavy atom. The minimum atomic E-state index is -0.714. The van der Waals surface area contributed by atoms with Crippen molar-refractivity contribution in [3.63, 3.8) is 0 Å². The normalized spacial score (nSPS) is 56.1. The van der Waals surface area contributed by atoms with Gasteiger partial charge in [0.15, 0.2) is 12.1 Å². The molecule has 10 atom stereocenters. The van der Waals surface area contributed by atoms with E-state index in [0.29, 0.717) is 23.5 Å². The predicted molar refractivity (Wildman–Crippen MR) is 107 cm³/mol. The molecular weight excluding hydrogens is 348 g/mol. The van der Waals surface area contributed by atoms with E-state index >= 15 is 0 Å². The predicted octanol–water partition coefficient (Wildman–Crippen LogP) is 4.65. The van der Waals surface area contributed by atoms with Gasteiger partial charge in [-0.1, -0.05) is 31.9 Å². The van der Waals surface area contributed by atoms with Crippen LogP contribution in [0, 0.1) is 46.8 Å². The van der Waals surface area contributed by atoms with E-state index in [1.54, 1.807) is 0 Å². The standard InChI is InChI=1S/C25H34O3/c1-3-14-11-15-12-16(26)5-6-17(15)18-7-9-24(4-2)23(22(14)18)19-13-20(19)25(24)10-8-21(27)28-25/h8,10,12,14,17-23,27H,3-7,9,11,13H2,1-2H3/t14-,17-,18?,19+,20-,21?,22?,23?,24-,25-/m0/s1. The van der Waals surface area contributed by atoms with Gasteiger partial charge >= 0.3 is 0 Å². The largest absolute Gasteiger partial charge is 0.365 e. The van der Waals surface area contributed by atoms with Crippen LogP contribution in [0.1, 0.15) is 65.2 Å². The van der Waals surface area contributed by atoms with Gasteiger partial charge in [0.25, 0.3) is 0 Å². The summed E-state index contributed by atoms with van der Waals surface area (Å²) in [5.41, 5.74) is 1.48. The molecule has 5 aliphatic carbocycles. The van der Waals surface area contributed by atoms with E-state index in [0.717, 1.165) is 49.4 Å². The molecule has 4 unspecified atom stereocenters.